The first kappa shape index (κ1) is 21.7. The van der Waals surface area contributed by atoms with Crippen molar-refractivity contribution in [3.05, 3.63) is 115 Å². The van der Waals surface area contributed by atoms with E-state index in [0.717, 1.165) is 22.4 Å². The maximum atomic E-state index is 13.5. The molecular formula is C26H16F2IrN3-. The summed E-state index contributed by atoms with van der Waals surface area (Å²) in [6, 6.07) is 31.3. The second-order valence-electron chi connectivity index (χ2n) is 7.02. The molecule has 6 heteroatoms. The van der Waals surface area contributed by atoms with Crippen molar-refractivity contribution in [1.29, 1.82) is 0 Å². The fourth-order valence-corrected chi connectivity index (χ4v) is 3.47. The van der Waals surface area contributed by atoms with Gasteiger partial charge in [0.15, 0.2) is 5.82 Å². The van der Waals surface area contributed by atoms with Crippen molar-refractivity contribution in [3.63, 3.8) is 0 Å². The van der Waals surface area contributed by atoms with Crippen LogP contribution in [0.4, 0.5) is 8.78 Å². The topological polar surface area (TPSA) is 30.7 Å². The predicted molar refractivity (Wildman–Crippen MR) is 116 cm³/mol. The van der Waals surface area contributed by atoms with E-state index in [1.54, 1.807) is 18.2 Å². The number of rotatable bonds is 4. The van der Waals surface area contributed by atoms with E-state index in [1.165, 1.54) is 24.3 Å². The zero-order valence-electron chi connectivity index (χ0n) is 16.7. The molecule has 0 saturated carbocycles. The molecule has 0 bridgehead atoms. The minimum Gasteiger partial charge on any atom is -0.316 e. The van der Waals surface area contributed by atoms with Gasteiger partial charge < -0.3 is 4.57 Å². The molecule has 5 rings (SSSR count). The Kier molecular flexibility index (Phi) is 6.35. The fraction of sp³-hybridized carbons (Fsp3) is 0. The normalized spacial score (nSPS) is 10.6. The van der Waals surface area contributed by atoms with Gasteiger partial charge in [-0.15, -0.1) is 34.9 Å². The largest absolute Gasteiger partial charge is 0.316 e. The van der Waals surface area contributed by atoms with Gasteiger partial charge in [-0.3, -0.25) is 4.39 Å². The van der Waals surface area contributed by atoms with Gasteiger partial charge in [-0.25, -0.2) is 4.39 Å². The molecule has 0 unspecified atom stereocenters. The zero-order valence-corrected chi connectivity index (χ0v) is 19.1. The van der Waals surface area contributed by atoms with Gasteiger partial charge in [-0.2, -0.15) is 5.10 Å². The Morgan fingerprint density at radius 1 is 0.594 bits per heavy atom. The van der Waals surface area contributed by atoms with Crippen LogP contribution < -0.4 is 0 Å². The molecule has 0 aliphatic heterocycles. The van der Waals surface area contributed by atoms with E-state index in [2.05, 4.69) is 28.4 Å². The monoisotopic (exact) mass is 601 g/mol. The molecule has 1 heterocycles. The summed E-state index contributed by atoms with van der Waals surface area (Å²) in [4.78, 5) is 0. The van der Waals surface area contributed by atoms with Crippen LogP contribution in [0.2, 0.25) is 0 Å². The van der Waals surface area contributed by atoms with Crippen molar-refractivity contribution >= 4 is 0 Å². The SMILES string of the molecule is Fc1c[c-]c(-c2nnc(-c3ccc(F)cc3)n2-c2ccc(-c3ccccc3)cc2)cc1.[Ir]. The van der Waals surface area contributed by atoms with Crippen LogP contribution in [0.3, 0.4) is 0 Å². The van der Waals surface area contributed by atoms with Crippen LogP contribution in [0.5, 0.6) is 0 Å². The Hall–Kier alpha value is -3.47. The van der Waals surface area contributed by atoms with E-state index in [1.807, 2.05) is 47.0 Å². The number of hydrogen-bond acceptors (Lipinski definition) is 2. The number of benzene rings is 4. The first-order chi connectivity index (χ1) is 15.2. The van der Waals surface area contributed by atoms with Gasteiger partial charge in [0, 0.05) is 37.2 Å². The molecule has 0 aliphatic carbocycles. The zero-order chi connectivity index (χ0) is 21.2. The average Bonchev–Trinajstić information content (AvgIpc) is 3.26. The van der Waals surface area contributed by atoms with Crippen LogP contribution in [0.1, 0.15) is 0 Å². The van der Waals surface area contributed by atoms with Crippen molar-refractivity contribution in [2.45, 2.75) is 0 Å². The van der Waals surface area contributed by atoms with Crippen LogP contribution in [-0.4, -0.2) is 14.8 Å². The summed E-state index contributed by atoms with van der Waals surface area (Å²) in [6.07, 6.45) is 0. The Bertz CT molecular complexity index is 1250. The van der Waals surface area contributed by atoms with Gasteiger partial charge >= 0.3 is 0 Å². The number of aromatic nitrogens is 3. The predicted octanol–water partition coefficient (Wildman–Crippen LogP) is 6.34. The number of halogens is 2. The number of nitrogens with zero attached hydrogens (tertiary/aromatic N) is 3. The number of hydrogen-bond donors (Lipinski definition) is 0. The van der Waals surface area contributed by atoms with Crippen LogP contribution >= 0.6 is 0 Å². The third kappa shape index (κ3) is 4.28. The fourth-order valence-electron chi connectivity index (χ4n) is 3.47. The summed E-state index contributed by atoms with van der Waals surface area (Å²) in [5.41, 5.74) is 4.35. The molecule has 0 N–H and O–H groups in total. The van der Waals surface area contributed by atoms with E-state index in [-0.39, 0.29) is 31.7 Å². The minimum atomic E-state index is -0.374. The molecule has 0 spiro atoms. The van der Waals surface area contributed by atoms with Gasteiger partial charge in [0.25, 0.3) is 0 Å². The Morgan fingerprint density at radius 2 is 1.19 bits per heavy atom. The molecule has 32 heavy (non-hydrogen) atoms. The molecule has 0 fully saturated rings. The summed E-state index contributed by atoms with van der Waals surface area (Å²) in [5.74, 6) is 0.377. The molecule has 0 aliphatic rings. The second kappa shape index (κ2) is 9.35. The first-order valence-corrected chi connectivity index (χ1v) is 9.74. The van der Waals surface area contributed by atoms with Gasteiger partial charge in [-0.05, 0) is 47.5 Å². The Balaban J connectivity index is 0.00000245. The smallest absolute Gasteiger partial charge is 0.159 e. The summed E-state index contributed by atoms with van der Waals surface area (Å²) >= 11 is 0. The molecule has 1 radical (unpaired) electrons. The second-order valence-corrected chi connectivity index (χ2v) is 7.02. The third-order valence-electron chi connectivity index (χ3n) is 5.01. The molecule has 1 aromatic heterocycles. The van der Waals surface area contributed by atoms with E-state index in [9.17, 15) is 8.78 Å². The molecule has 159 valence electrons. The third-order valence-corrected chi connectivity index (χ3v) is 5.01. The summed E-state index contributed by atoms with van der Waals surface area (Å²) < 4.78 is 28.8. The van der Waals surface area contributed by atoms with Crippen molar-refractivity contribution in [2.24, 2.45) is 0 Å². The van der Waals surface area contributed by atoms with E-state index in [4.69, 9.17) is 0 Å². The quantitative estimate of drug-likeness (QED) is 0.226. The first-order valence-electron chi connectivity index (χ1n) is 9.74. The van der Waals surface area contributed by atoms with Gasteiger partial charge in [-0.1, -0.05) is 42.5 Å². The van der Waals surface area contributed by atoms with Gasteiger partial charge in [0.05, 0.1) is 5.82 Å². The van der Waals surface area contributed by atoms with Crippen LogP contribution in [0.25, 0.3) is 39.6 Å². The molecule has 3 nitrogen and oxygen atoms in total. The molecular weight excluding hydrogens is 585 g/mol. The molecule has 0 amide bonds. The van der Waals surface area contributed by atoms with Crippen molar-refractivity contribution in [2.75, 3.05) is 0 Å². The van der Waals surface area contributed by atoms with E-state index in [0.29, 0.717) is 17.2 Å². The van der Waals surface area contributed by atoms with Crippen LogP contribution in [-0.2, 0) is 20.1 Å². The van der Waals surface area contributed by atoms with Crippen LogP contribution in [0, 0.1) is 17.7 Å². The maximum absolute atomic E-state index is 13.5. The molecule has 0 atom stereocenters. The minimum absolute atomic E-state index is 0. The van der Waals surface area contributed by atoms with Crippen molar-refractivity contribution in [3.8, 4) is 39.6 Å². The maximum Gasteiger partial charge on any atom is 0.159 e. The van der Waals surface area contributed by atoms with Gasteiger partial charge in [0.2, 0.25) is 0 Å². The summed E-state index contributed by atoms with van der Waals surface area (Å²) in [5, 5.41) is 8.69. The standard InChI is InChI=1S/C26H16F2N3.Ir/c27-22-12-6-20(7-13-22)25-29-30-26(21-8-14-23(28)15-9-21)31(25)24-16-10-19(11-17-24)18-4-2-1-3-5-18;/h1-8,10-17H;/q-1;. The Morgan fingerprint density at radius 3 is 1.84 bits per heavy atom. The molecule has 4 aromatic carbocycles. The van der Waals surface area contributed by atoms with Crippen LogP contribution in [0.15, 0.2) is 97.1 Å². The van der Waals surface area contributed by atoms with Crippen molar-refractivity contribution in [1.82, 2.24) is 14.8 Å². The summed E-state index contributed by atoms with van der Waals surface area (Å²) in [7, 11) is 0. The summed E-state index contributed by atoms with van der Waals surface area (Å²) in [6.45, 7) is 0. The molecule has 0 saturated heterocycles. The van der Waals surface area contributed by atoms with E-state index < -0.39 is 0 Å². The van der Waals surface area contributed by atoms with E-state index >= 15 is 0 Å². The van der Waals surface area contributed by atoms with Crippen molar-refractivity contribution < 1.29 is 28.9 Å². The molecule has 5 aromatic rings. The Labute approximate surface area is 197 Å². The average molecular weight is 601 g/mol. The van der Waals surface area contributed by atoms with Gasteiger partial charge in [0.1, 0.15) is 5.82 Å².